The van der Waals surface area contributed by atoms with E-state index < -0.39 is 5.54 Å². The van der Waals surface area contributed by atoms with Crippen molar-refractivity contribution in [3.05, 3.63) is 18.0 Å². The standard InChI is InChI=1S/C16H25N5O2/c1-16(2)14(22)21(15(23)18-16)10-9-20-8-4-5-12(11-20)13-6-7-17-19(13)3/h6-7,12H,4-5,8-11H2,1-3H3,(H,18,23)/t12-/m0/s1. The minimum Gasteiger partial charge on any atom is -0.324 e. The van der Waals surface area contributed by atoms with Crippen molar-refractivity contribution in [1.29, 1.82) is 0 Å². The predicted molar refractivity (Wildman–Crippen MR) is 85.9 cm³/mol. The molecule has 0 radical (unpaired) electrons. The Hall–Kier alpha value is -1.89. The molecule has 7 nitrogen and oxygen atoms in total. The molecule has 2 aliphatic heterocycles. The largest absolute Gasteiger partial charge is 0.325 e. The van der Waals surface area contributed by atoms with E-state index in [0.717, 1.165) is 32.5 Å². The number of hydrogen-bond donors (Lipinski definition) is 1. The van der Waals surface area contributed by atoms with Crippen molar-refractivity contribution in [2.45, 2.75) is 38.1 Å². The monoisotopic (exact) mass is 319 g/mol. The Morgan fingerprint density at radius 1 is 1.35 bits per heavy atom. The van der Waals surface area contributed by atoms with Crippen LogP contribution in [0, 0.1) is 0 Å². The SMILES string of the molecule is Cn1nccc1[C@H]1CCCN(CCN2C(=O)NC(C)(C)C2=O)C1. The van der Waals surface area contributed by atoms with Gasteiger partial charge in [-0.2, -0.15) is 5.10 Å². The van der Waals surface area contributed by atoms with Crippen molar-refractivity contribution < 1.29 is 9.59 Å². The molecule has 0 spiro atoms. The van der Waals surface area contributed by atoms with E-state index in [1.807, 2.05) is 17.9 Å². The number of likely N-dealkylation sites (tertiary alicyclic amines) is 1. The number of carbonyl (C=O) groups is 2. The highest BCUT2D eigenvalue weighted by molar-refractivity contribution is 6.06. The Kier molecular flexibility index (Phi) is 4.14. The molecule has 0 bridgehead atoms. The molecule has 2 fully saturated rings. The van der Waals surface area contributed by atoms with Gasteiger partial charge in [0.2, 0.25) is 0 Å². The molecule has 2 aliphatic rings. The lowest BCUT2D eigenvalue weighted by atomic mass is 9.94. The van der Waals surface area contributed by atoms with Gasteiger partial charge in [-0.15, -0.1) is 0 Å². The van der Waals surface area contributed by atoms with Crippen LogP contribution in [0.15, 0.2) is 12.3 Å². The molecule has 1 aromatic heterocycles. The van der Waals surface area contributed by atoms with Crippen molar-refractivity contribution >= 4 is 11.9 Å². The number of piperidine rings is 1. The first-order valence-electron chi connectivity index (χ1n) is 8.23. The number of nitrogens with one attached hydrogen (secondary N) is 1. The fraction of sp³-hybridized carbons (Fsp3) is 0.688. The number of aryl methyl sites for hydroxylation is 1. The summed E-state index contributed by atoms with van der Waals surface area (Å²) in [7, 11) is 1.98. The fourth-order valence-electron chi connectivity index (χ4n) is 3.55. The number of nitrogens with zero attached hydrogens (tertiary/aromatic N) is 4. The molecule has 7 heteroatoms. The normalized spacial score (nSPS) is 25.0. The van der Waals surface area contributed by atoms with Crippen LogP contribution in [0.1, 0.15) is 38.3 Å². The third-order valence-corrected chi connectivity index (χ3v) is 4.87. The summed E-state index contributed by atoms with van der Waals surface area (Å²) in [6.07, 6.45) is 4.12. The number of carbonyl (C=O) groups excluding carboxylic acids is 2. The molecule has 23 heavy (non-hydrogen) atoms. The van der Waals surface area contributed by atoms with Crippen molar-refractivity contribution in [2.24, 2.45) is 7.05 Å². The van der Waals surface area contributed by atoms with Gasteiger partial charge in [-0.3, -0.25) is 14.4 Å². The maximum atomic E-state index is 12.2. The van der Waals surface area contributed by atoms with Gasteiger partial charge in [0.25, 0.3) is 5.91 Å². The first-order valence-corrected chi connectivity index (χ1v) is 8.23. The summed E-state index contributed by atoms with van der Waals surface area (Å²) >= 11 is 0. The Bertz CT molecular complexity index is 609. The molecular weight excluding hydrogens is 294 g/mol. The lowest BCUT2D eigenvalue weighted by Crippen LogP contribution is -2.43. The molecule has 126 valence electrons. The van der Waals surface area contributed by atoms with Gasteiger partial charge in [0.15, 0.2) is 0 Å². The van der Waals surface area contributed by atoms with Crippen LogP contribution in [-0.2, 0) is 11.8 Å². The van der Waals surface area contributed by atoms with Gasteiger partial charge >= 0.3 is 6.03 Å². The number of imide groups is 1. The van der Waals surface area contributed by atoms with Crippen LogP contribution in [-0.4, -0.2) is 63.2 Å². The number of hydrogen-bond acceptors (Lipinski definition) is 4. The van der Waals surface area contributed by atoms with E-state index in [1.165, 1.54) is 10.6 Å². The average molecular weight is 319 g/mol. The zero-order chi connectivity index (χ0) is 16.6. The molecule has 3 heterocycles. The highest BCUT2D eigenvalue weighted by Crippen LogP contribution is 2.26. The molecule has 0 aliphatic carbocycles. The molecule has 3 amide bonds. The summed E-state index contributed by atoms with van der Waals surface area (Å²) in [5.41, 5.74) is 0.474. The van der Waals surface area contributed by atoms with Gasteiger partial charge in [0.05, 0.1) is 0 Å². The first kappa shape index (κ1) is 16.0. The Balaban J connectivity index is 1.58. The fourth-order valence-corrected chi connectivity index (χ4v) is 3.55. The maximum Gasteiger partial charge on any atom is 0.325 e. The van der Waals surface area contributed by atoms with E-state index in [0.29, 0.717) is 12.5 Å². The summed E-state index contributed by atoms with van der Waals surface area (Å²) in [4.78, 5) is 27.8. The van der Waals surface area contributed by atoms with Gasteiger partial charge in [-0.1, -0.05) is 0 Å². The summed E-state index contributed by atoms with van der Waals surface area (Å²) in [6.45, 7) is 6.63. The quantitative estimate of drug-likeness (QED) is 0.838. The Morgan fingerprint density at radius 3 is 2.74 bits per heavy atom. The van der Waals surface area contributed by atoms with E-state index in [1.54, 1.807) is 13.8 Å². The molecule has 0 saturated carbocycles. The second kappa shape index (κ2) is 5.96. The molecule has 0 unspecified atom stereocenters. The van der Waals surface area contributed by atoms with Crippen LogP contribution in [0.4, 0.5) is 4.79 Å². The molecule has 2 saturated heterocycles. The van der Waals surface area contributed by atoms with E-state index in [2.05, 4.69) is 21.4 Å². The van der Waals surface area contributed by atoms with Crippen LogP contribution < -0.4 is 5.32 Å². The van der Waals surface area contributed by atoms with Crippen LogP contribution in [0.3, 0.4) is 0 Å². The van der Waals surface area contributed by atoms with E-state index in [-0.39, 0.29) is 11.9 Å². The number of urea groups is 1. The third kappa shape index (κ3) is 3.10. The Labute approximate surface area is 136 Å². The molecule has 1 aromatic rings. The number of aromatic nitrogens is 2. The third-order valence-electron chi connectivity index (χ3n) is 4.87. The van der Waals surface area contributed by atoms with Crippen LogP contribution in [0.2, 0.25) is 0 Å². The van der Waals surface area contributed by atoms with Gasteiger partial charge < -0.3 is 10.2 Å². The van der Waals surface area contributed by atoms with Crippen LogP contribution in [0.5, 0.6) is 0 Å². The van der Waals surface area contributed by atoms with Crippen LogP contribution in [0.25, 0.3) is 0 Å². The van der Waals surface area contributed by atoms with Gasteiger partial charge in [-0.25, -0.2) is 4.79 Å². The lowest BCUT2D eigenvalue weighted by Gasteiger charge is -2.33. The maximum absolute atomic E-state index is 12.2. The minimum absolute atomic E-state index is 0.136. The van der Waals surface area contributed by atoms with Crippen molar-refractivity contribution in [3.8, 4) is 0 Å². The topological polar surface area (TPSA) is 70.5 Å². The summed E-state index contributed by atoms with van der Waals surface area (Å²) in [5.74, 6) is 0.332. The van der Waals surface area contributed by atoms with Crippen molar-refractivity contribution in [2.75, 3.05) is 26.2 Å². The zero-order valence-electron chi connectivity index (χ0n) is 14.1. The highest BCUT2D eigenvalue weighted by Gasteiger charge is 2.44. The van der Waals surface area contributed by atoms with E-state index in [9.17, 15) is 9.59 Å². The summed E-state index contributed by atoms with van der Waals surface area (Å²) < 4.78 is 1.94. The average Bonchev–Trinajstić information content (AvgIpc) is 3.00. The van der Waals surface area contributed by atoms with Crippen LogP contribution >= 0.6 is 0 Å². The minimum atomic E-state index is -0.782. The molecule has 0 aromatic carbocycles. The molecule has 1 N–H and O–H groups in total. The van der Waals surface area contributed by atoms with E-state index in [4.69, 9.17) is 0 Å². The van der Waals surface area contributed by atoms with E-state index >= 15 is 0 Å². The smallest absolute Gasteiger partial charge is 0.324 e. The Morgan fingerprint density at radius 2 is 2.13 bits per heavy atom. The molecule has 1 atom stereocenters. The lowest BCUT2D eigenvalue weighted by molar-refractivity contribution is -0.130. The first-order chi connectivity index (χ1) is 10.9. The molecular formula is C16H25N5O2. The predicted octanol–water partition coefficient (Wildman–Crippen LogP) is 0.930. The van der Waals surface area contributed by atoms with Crippen molar-refractivity contribution in [1.82, 2.24) is 24.9 Å². The number of amides is 3. The van der Waals surface area contributed by atoms with Gasteiger partial charge in [0.1, 0.15) is 5.54 Å². The van der Waals surface area contributed by atoms with Gasteiger partial charge in [0, 0.05) is 44.5 Å². The second-order valence-corrected chi connectivity index (χ2v) is 7.03. The number of rotatable bonds is 4. The highest BCUT2D eigenvalue weighted by atomic mass is 16.2. The van der Waals surface area contributed by atoms with Gasteiger partial charge in [-0.05, 0) is 39.3 Å². The zero-order valence-corrected chi connectivity index (χ0v) is 14.1. The summed E-state index contributed by atoms with van der Waals surface area (Å²) in [5, 5.41) is 6.98. The summed E-state index contributed by atoms with van der Waals surface area (Å²) in [6, 6.07) is 1.80. The van der Waals surface area contributed by atoms with Crippen molar-refractivity contribution in [3.63, 3.8) is 0 Å². The second-order valence-electron chi connectivity index (χ2n) is 7.03. The molecule has 3 rings (SSSR count).